The van der Waals surface area contributed by atoms with Crippen molar-refractivity contribution in [2.75, 3.05) is 19.5 Å². The summed E-state index contributed by atoms with van der Waals surface area (Å²) in [6, 6.07) is 1.92. The number of methoxy groups -OCH3 is 1. The first-order chi connectivity index (χ1) is 9.56. The fourth-order valence-electron chi connectivity index (χ4n) is 1.58. The lowest BCUT2D eigenvalue weighted by Crippen LogP contribution is -2.07. The van der Waals surface area contributed by atoms with Crippen molar-refractivity contribution in [3.05, 3.63) is 30.5 Å². The molecule has 0 aliphatic heterocycles. The van der Waals surface area contributed by atoms with Crippen LogP contribution in [0.3, 0.4) is 0 Å². The number of halogens is 3. The van der Waals surface area contributed by atoms with Crippen LogP contribution in [0.4, 0.5) is 5.82 Å². The number of nitrogens with one attached hydrogen (secondary N) is 1. The maximum absolute atomic E-state index is 5.19. The van der Waals surface area contributed by atoms with E-state index in [1.807, 2.05) is 13.1 Å². The molecule has 8 heteroatoms. The second-order valence-electron chi connectivity index (χ2n) is 3.82. The van der Waals surface area contributed by atoms with Gasteiger partial charge < -0.3 is 10.1 Å². The Labute approximate surface area is 147 Å². The van der Waals surface area contributed by atoms with E-state index >= 15 is 0 Å². The van der Waals surface area contributed by atoms with Gasteiger partial charge in [0.15, 0.2) is 5.82 Å². The smallest absolute Gasteiger partial charge is 0.181 e. The largest absolute Gasteiger partial charge is 0.378 e. The summed E-state index contributed by atoms with van der Waals surface area (Å²) in [5.41, 5.74) is 1.53. The van der Waals surface area contributed by atoms with Gasteiger partial charge in [-0.2, -0.15) is 0 Å². The molecular weight excluding hydrogens is 503 g/mol. The van der Waals surface area contributed by atoms with Gasteiger partial charge in [0.1, 0.15) is 11.5 Å². The van der Waals surface area contributed by atoms with Crippen LogP contribution in [0.25, 0.3) is 11.5 Å². The maximum Gasteiger partial charge on any atom is 0.181 e. The van der Waals surface area contributed by atoms with Crippen LogP contribution in [-0.4, -0.2) is 29.1 Å². The Hall–Kier alpha value is -0.320. The number of hydrogen-bond donors (Lipinski definition) is 1. The first-order valence-corrected chi connectivity index (χ1v) is 8.27. The summed E-state index contributed by atoms with van der Waals surface area (Å²) < 4.78 is 7.86. The summed E-state index contributed by atoms with van der Waals surface area (Å²) in [5.74, 6) is 1.32. The Balaban J connectivity index is 2.58. The second kappa shape index (κ2) is 7.10. The standard InChI is InChI=1S/C12H11Br2IN4O/c1-16-11-9(15)8(5-20-2)18-12(19-11)10-7(14)3-6(13)4-17-10/h3-4H,5H2,1-2H3,(H,16,18,19). The van der Waals surface area contributed by atoms with Crippen molar-refractivity contribution >= 4 is 60.3 Å². The quantitative estimate of drug-likeness (QED) is 0.629. The van der Waals surface area contributed by atoms with Gasteiger partial charge in [-0.1, -0.05) is 0 Å². The summed E-state index contributed by atoms with van der Waals surface area (Å²) in [6.45, 7) is 0.427. The molecule has 0 aromatic carbocycles. The van der Waals surface area contributed by atoms with Crippen molar-refractivity contribution in [1.29, 1.82) is 0 Å². The maximum atomic E-state index is 5.19. The first-order valence-electron chi connectivity index (χ1n) is 5.61. The fourth-order valence-corrected chi connectivity index (χ4v) is 3.41. The van der Waals surface area contributed by atoms with Crippen LogP contribution in [0.5, 0.6) is 0 Å². The minimum absolute atomic E-state index is 0.427. The Morgan fingerprint density at radius 2 is 2.10 bits per heavy atom. The molecule has 2 rings (SSSR count). The molecule has 0 amide bonds. The number of rotatable bonds is 4. The third-order valence-electron chi connectivity index (χ3n) is 2.46. The van der Waals surface area contributed by atoms with Crippen LogP contribution in [0.15, 0.2) is 21.2 Å². The van der Waals surface area contributed by atoms with Crippen molar-refractivity contribution in [2.45, 2.75) is 6.61 Å². The minimum Gasteiger partial charge on any atom is -0.378 e. The van der Waals surface area contributed by atoms with Gasteiger partial charge >= 0.3 is 0 Å². The van der Waals surface area contributed by atoms with Crippen molar-refractivity contribution < 1.29 is 4.74 Å². The monoisotopic (exact) mass is 512 g/mol. The molecule has 2 aromatic heterocycles. The number of pyridine rings is 1. The van der Waals surface area contributed by atoms with Gasteiger partial charge in [-0.3, -0.25) is 4.98 Å². The molecule has 0 aliphatic carbocycles. The molecule has 106 valence electrons. The van der Waals surface area contributed by atoms with E-state index in [9.17, 15) is 0 Å². The molecule has 20 heavy (non-hydrogen) atoms. The van der Waals surface area contributed by atoms with E-state index in [2.05, 4.69) is 74.7 Å². The van der Waals surface area contributed by atoms with E-state index < -0.39 is 0 Å². The highest BCUT2D eigenvalue weighted by atomic mass is 127. The van der Waals surface area contributed by atoms with Crippen LogP contribution < -0.4 is 5.32 Å². The normalized spacial score (nSPS) is 10.7. The molecule has 0 spiro atoms. The SMILES string of the molecule is CNc1nc(-c2ncc(Br)cc2Br)nc(COC)c1I. The molecule has 2 heterocycles. The van der Waals surface area contributed by atoms with Gasteiger partial charge in [0.05, 0.1) is 15.9 Å². The topological polar surface area (TPSA) is 59.9 Å². The zero-order chi connectivity index (χ0) is 14.7. The minimum atomic E-state index is 0.427. The molecule has 0 saturated heterocycles. The molecule has 2 aromatic rings. The molecule has 1 N–H and O–H groups in total. The molecular formula is C12H11Br2IN4O. The zero-order valence-electron chi connectivity index (χ0n) is 10.7. The van der Waals surface area contributed by atoms with Gasteiger partial charge in [-0.25, -0.2) is 9.97 Å². The van der Waals surface area contributed by atoms with Gasteiger partial charge in [0, 0.05) is 29.3 Å². The molecule has 0 radical (unpaired) electrons. The van der Waals surface area contributed by atoms with Crippen molar-refractivity contribution in [3.8, 4) is 11.5 Å². The Kier molecular flexibility index (Phi) is 5.70. The predicted molar refractivity (Wildman–Crippen MR) is 93.6 cm³/mol. The van der Waals surface area contributed by atoms with Crippen molar-refractivity contribution in [1.82, 2.24) is 15.0 Å². The van der Waals surface area contributed by atoms with Gasteiger partial charge in [-0.15, -0.1) is 0 Å². The molecule has 5 nitrogen and oxygen atoms in total. The predicted octanol–water partition coefficient (Wildman–Crippen LogP) is 3.86. The number of anilines is 1. The van der Waals surface area contributed by atoms with Gasteiger partial charge in [0.2, 0.25) is 0 Å². The second-order valence-corrected chi connectivity index (χ2v) is 6.67. The lowest BCUT2D eigenvalue weighted by molar-refractivity contribution is 0.181. The molecule has 0 bridgehead atoms. The lowest BCUT2D eigenvalue weighted by atomic mass is 10.3. The number of aromatic nitrogens is 3. The molecule has 0 saturated carbocycles. The van der Waals surface area contributed by atoms with Crippen molar-refractivity contribution in [2.24, 2.45) is 0 Å². The summed E-state index contributed by atoms with van der Waals surface area (Å²) in [4.78, 5) is 13.4. The average Bonchev–Trinajstić information content (AvgIpc) is 2.41. The number of nitrogens with zero attached hydrogens (tertiary/aromatic N) is 3. The van der Waals surface area contributed by atoms with Crippen LogP contribution in [0.2, 0.25) is 0 Å². The van der Waals surface area contributed by atoms with Gasteiger partial charge in [-0.05, 0) is 60.5 Å². The van der Waals surface area contributed by atoms with E-state index in [4.69, 9.17) is 4.74 Å². The summed E-state index contributed by atoms with van der Waals surface area (Å²) in [7, 11) is 3.47. The highest BCUT2D eigenvalue weighted by Crippen LogP contribution is 2.29. The molecule has 0 aliphatic rings. The van der Waals surface area contributed by atoms with Crippen LogP contribution in [-0.2, 0) is 11.3 Å². The molecule has 0 atom stereocenters. The van der Waals surface area contributed by atoms with Crippen LogP contribution >= 0.6 is 54.5 Å². The Bertz CT molecular complexity index is 639. The summed E-state index contributed by atoms with van der Waals surface area (Å²) >= 11 is 9.07. The van der Waals surface area contributed by atoms with E-state index in [1.165, 1.54) is 0 Å². The Morgan fingerprint density at radius 3 is 2.70 bits per heavy atom. The Morgan fingerprint density at radius 1 is 1.35 bits per heavy atom. The third kappa shape index (κ3) is 3.46. The van der Waals surface area contributed by atoms with Gasteiger partial charge in [0.25, 0.3) is 0 Å². The highest BCUT2D eigenvalue weighted by Gasteiger charge is 2.15. The van der Waals surface area contributed by atoms with Crippen LogP contribution in [0.1, 0.15) is 5.69 Å². The number of hydrogen-bond acceptors (Lipinski definition) is 5. The highest BCUT2D eigenvalue weighted by molar-refractivity contribution is 14.1. The zero-order valence-corrected chi connectivity index (χ0v) is 16.1. The number of ether oxygens (including phenoxy) is 1. The third-order valence-corrected chi connectivity index (χ3v) is 4.63. The van der Waals surface area contributed by atoms with Crippen LogP contribution in [0, 0.1) is 3.57 Å². The fraction of sp³-hybridized carbons (Fsp3) is 0.250. The summed E-state index contributed by atoms with van der Waals surface area (Å²) in [6.07, 6.45) is 1.72. The van der Waals surface area contributed by atoms with E-state index in [0.29, 0.717) is 18.1 Å². The first kappa shape index (κ1) is 16.1. The molecule has 0 fully saturated rings. The van der Waals surface area contributed by atoms with E-state index in [1.54, 1.807) is 13.3 Å². The van der Waals surface area contributed by atoms with E-state index in [0.717, 1.165) is 24.0 Å². The van der Waals surface area contributed by atoms with E-state index in [-0.39, 0.29) is 0 Å². The van der Waals surface area contributed by atoms with Crippen molar-refractivity contribution in [3.63, 3.8) is 0 Å². The average molecular weight is 514 g/mol. The lowest BCUT2D eigenvalue weighted by Gasteiger charge is -2.11. The summed E-state index contributed by atoms with van der Waals surface area (Å²) in [5, 5.41) is 3.07. The molecule has 0 unspecified atom stereocenters.